The summed E-state index contributed by atoms with van der Waals surface area (Å²) < 4.78 is 1.69. The van der Waals surface area contributed by atoms with Crippen molar-refractivity contribution < 1.29 is 0 Å². The average molecular weight is 332 g/mol. The van der Waals surface area contributed by atoms with Crippen molar-refractivity contribution in [3.8, 4) is 0 Å². The molecule has 0 aliphatic heterocycles. The average Bonchev–Trinajstić information content (AvgIpc) is 2.49. The molecule has 0 atom stereocenters. The first-order valence-corrected chi connectivity index (χ1v) is 5.21. The van der Waals surface area contributed by atoms with Gasteiger partial charge in [0.15, 0.2) is 0 Å². The Morgan fingerprint density at radius 3 is 1.50 bits per heavy atom. The van der Waals surface area contributed by atoms with Crippen molar-refractivity contribution in [3.63, 3.8) is 0 Å². The Bertz CT molecular complexity index is 147. The van der Waals surface area contributed by atoms with E-state index in [1.54, 1.807) is 12.8 Å². The Kier molecular flexibility index (Phi) is 0.659. The Balaban J connectivity index is 2.08. The molecule has 0 aromatic carbocycles. The van der Waals surface area contributed by atoms with Crippen LogP contribution < -0.4 is 0 Å². The molecule has 0 bridgehead atoms. The van der Waals surface area contributed by atoms with Gasteiger partial charge in [-0.05, 0) is 24.7 Å². The molecule has 0 radical (unpaired) electrons. The lowest BCUT2D eigenvalue weighted by molar-refractivity contribution is 0.542. The minimum absolute atomic E-state index is 0.846. The number of alkyl halides is 2. The van der Waals surface area contributed by atoms with E-state index in [-0.39, 0.29) is 0 Å². The Morgan fingerprint density at radius 1 is 1.00 bits per heavy atom. The van der Waals surface area contributed by atoms with Crippen molar-refractivity contribution in [1.29, 1.82) is 0 Å². The van der Waals surface area contributed by atoms with Crippen LogP contribution in [0.2, 0.25) is 0 Å². The standard InChI is InChI=1S/C6H6I2/c7-5-1-3(5)6(8)2-4(5)6/h3-4H,1-2H2. The van der Waals surface area contributed by atoms with Gasteiger partial charge in [-0.25, -0.2) is 0 Å². The fourth-order valence-electron chi connectivity index (χ4n) is 2.32. The second-order valence-corrected chi connectivity index (χ2v) is 7.38. The zero-order chi connectivity index (χ0) is 5.57. The molecule has 3 aliphatic rings. The van der Waals surface area contributed by atoms with Crippen LogP contribution in [0.5, 0.6) is 0 Å². The topological polar surface area (TPSA) is 0 Å². The van der Waals surface area contributed by atoms with Gasteiger partial charge in [0.05, 0.1) is 0 Å². The Labute approximate surface area is 76.1 Å². The summed E-state index contributed by atoms with van der Waals surface area (Å²) in [6, 6.07) is 0. The van der Waals surface area contributed by atoms with Crippen LogP contribution in [0.25, 0.3) is 0 Å². The quantitative estimate of drug-likeness (QED) is 0.472. The van der Waals surface area contributed by atoms with E-state index in [0.29, 0.717) is 0 Å². The van der Waals surface area contributed by atoms with Crippen LogP contribution in [0, 0.1) is 11.8 Å². The van der Waals surface area contributed by atoms with Crippen molar-refractivity contribution >= 4 is 45.2 Å². The van der Waals surface area contributed by atoms with E-state index >= 15 is 0 Å². The van der Waals surface area contributed by atoms with Crippen LogP contribution in [-0.4, -0.2) is 6.84 Å². The van der Waals surface area contributed by atoms with Crippen LogP contribution in [0.3, 0.4) is 0 Å². The predicted molar refractivity (Wildman–Crippen MR) is 49.7 cm³/mol. The van der Waals surface area contributed by atoms with E-state index < -0.39 is 0 Å². The normalized spacial score (nSPS) is 81.8. The van der Waals surface area contributed by atoms with Gasteiger partial charge in [0.2, 0.25) is 0 Å². The van der Waals surface area contributed by atoms with Gasteiger partial charge < -0.3 is 0 Å². The van der Waals surface area contributed by atoms with Crippen LogP contribution >= 0.6 is 45.2 Å². The molecular weight excluding hydrogens is 326 g/mol. The fourth-order valence-corrected chi connectivity index (χ4v) is 7.05. The molecule has 0 spiro atoms. The molecule has 44 valence electrons. The highest BCUT2D eigenvalue weighted by Crippen LogP contribution is 2.89. The highest BCUT2D eigenvalue weighted by molar-refractivity contribution is 14.1. The second kappa shape index (κ2) is 1.02. The SMILES string of the molecule is IC12CC1C1(I)CC21. The summed E-state index contributed by atoms with van der Waals surface area (Å²) in [5.74, 6) is 2.28. The van der Waals surface area contributed by atoms with Gasteiger partial charge in [0.25, 0.3) is 0 Å². The zero-order valence-electron chi connectivity index (χ0n) is 4.32. The minimum atomic E-state index is 0.846. The monoisotopic (exact) mass is 332 g/mol. The third-order valence-electron chi connectivity index (χ3n) is 3.03. The molecule has 0 saturated heterocycles. The highest BCUT2D eigenvalue weighted by atomic mass is 127. The largest absolute Gasteiger partial charge is 0.0781 e. The third-order valence-corrected chi connectivity index (χ3v) is 6.92. The van der Waals surface area contributed by atoms with Crippen molar-refractivity contribution in [2.45, 2.75) is 19.7 Å². The summed E-state index contributed by atoms with van der Waals surface area (Å²) in [7, 11) is 0. The Hall–Kier alpha value is 1.46. The van der Waals surface area contributed by atoms with Gasteiger partial charge in [0.1, 0.15) is 0 Å². The molecule has 3 aliphatic carbocycles. The maximum atomic E-state index is 2.67. The van der Waals surface area contributed by atoms with Gasteiger partial charge in [-0.15, -0.1) is 0 Å². The smallest absolute Gasteiger partial charge is 0.0308 e. The molecule has 8 heavy (non-hydrogen) atoms. The lowest BCUT2D eigenvalue weighted by Gasteiger charge is -2.23. The van der Waals surface area contributed by atoms with Gasteiger partial charge in [-0.2, -0.15) is 0 Å². The van der Waals surface area contributed by atoms with E-state index in [1.807, 2.05) is 0 Å². The summed E-state index contributed by atoms with van der Waals surface area (Å²) in [4.78, 5) is 0. The molecule has 0 heterocycles. The van der Waals surface area contributed by atoms with Crippen molar-refractivity contribution in [1.82, 2.24) is 0 Å². The zero-order valence-corrected chi connectivity index (χ0v) is 8.64. The van der Waals surface area contributed by atoms with E-state index in [1.165, 1.54) is 0 Å². The molecule has 0 unspecified atom stereocenters. The number of hydrogen-bond donors (Lipinski definition) is 0. The third kappa shape index (κ3) is 0.315. The molecule has 0 nitrogen and oxygen atoms in total. The van der Waals surface area contributed by atoms with Crippen LogP contribution in [0.15, 0.2) is 0 Å². The van der Waals surface area contributed by atoms with Gasteiger partial charge in [-0.3, -0.25) is 0 Å². The highest BCUT2D eigenvalue weighted by Gasteiger charge is 2.88. The number of hydrogen-bond acceptors (Lipinski definition) is 0. The molecule has 2 heteroatoms. The Morgan fingerprint density at radius 2 is 1.38 bits per heavy atom. The minimum Gasteiger partial charge on any atom is -0.0781 e. The van der Waals surface area contributed by atoms with Crippen LogP contribution in [-0.2, 0) is 0 Å². The summed E-state index contributed by atoms with van der Waals surface area (Å²) in [5, 5.41) is 0. The van der Waals surface area contributed by atoms with Crippen molar-refractivity contribution in [2.24, 2.45) is 11.8 Å². The molecule has 0 aromatic rings. The molecule has 0 amide bonds. The van der Waals surface area contributed by atoms with E-state index in [4.69, 9.17) is 0 Å². The van der Waals surface area contributed by atoms with Crippen molar-refractivity contribution in [2.75, 3.05) is 0 Å². The molecule has 3 saturated carbocycles. The lowest BCUT2D eigenvalue weighted by atomic mass is 10.0. The van der Waals surface area contributed by atoms with E-state index in [2.05, 4.69) is 45.2 Å². The molecular formula is C6H6I2. The first-order valence-electron chi connectivity index (χ1n) is 3.06. The molecule has 3 rings (SSSR count). The summed E-state index contributed by atoms with van der Waals surface area (Å²) in [6.07, 6.45) is 3.09. The first kappa shape index (κ1) is 5.16. The number of fused-ring (bicyclic) bond motifs is 4. The number of rotatable bonds is 0. The summed E-state index contributed by atoms with van der Waals surface area (Å²) >= 11 is 5.35. The lowest BCUT2D eigenvalue weighted by Crippen LogP contribution is -2.28. The van der Waals surface area contributed by atoms with Crippen LogP contribution in [0.1, 0.15) is 12.8 Å². The summed E-state index contributed by atoms with van der Waals surface area (Å²) in [5.41, 5.74) is 0. The maximum Gasteiger partial charge on any atom is 0.0308 e. The predicted octanol–water partition coefficient (Wildman–Crippen LogP) is 2.39. The molecule has 0 N–H and O–H groups in total. The second-order valence-electron chi connectivity index (χ2n) is 3.37. The van der Waals surface area contributed by atoms with Gasteiger partial charge in [-0.1, -0.05) is 45.2 Å². The molecule has 0 aromatic heterocycles. The van der Waals surface area contributed by atoms with E-state index in [9.17, 15) is 0 Å². The van der Waals surface area contributed by atoms with Crippen LogP contribution in [0.4, 0.5) is 0 Å². The fraction of sp³-hybridized carbons (Fsp3) is 1.00. The van der Waals surface area contributed by atoms with Gasteiger partial charge in [0, 0.05) is 6.84 Å². The molecule has 3 fully saturated rings. The van der Waals surface area contributed by atoms with Gasteiger partial charge >= 0.3 is 0 Å². The summed E-state index contributed by atoms with van der Waals surface area (Å²) in [6.45, 7) is 0. The number of halogens is 2. The van der Waals surface area contributed by atoms with Crippen molar-refractivity contribution in [3.05, 3.63) is 0 Å². The first-order chi connectivity index (χ1) is 3.68. The maximum absolute atomic E-state index is 2.67. The van der Waals surface area contributed by atoms with E-state index in [0.717, 1.165) is 18.7 Å².